The van der Waals surface area contributed by atoms with E-state index in [9.17, 15) is 0 Å². The van der Waals surface area contributed by atoms with Crippen molar-refractivity contribution >= 4 is 0 Å². The van der Waals surface area contributed by atoms with E-state index in [-0.39, 0.29) is 0 Å². The Labute approximate surface area is 175 Å². The summed E-state index contributed by atoms with van der Waals surface area (Å²) in [5, 5.41) is 0. The molecule has 29 heavy (non-hydrogen) atoms. The largest absolute Gasteiger partial charge is 0.494 e. The minimum Gasteiger partial charge on any atom is -0.494 e. The highest BCUT2D eigenvalue weighted by molar-refractivity contribution is 5.35. The molecule has 0 unspecified atom stereocenters. The van der Waals surface area contributed by atoms with Crippen molar-refractivity contribution in [2.24, 2.45) is 0 Å². The Balaban J connectivity index is 1.25. The van der Waals surface area contributed by atoms with Crippen LogP contribution in [-0.2, 0) is 6.42 Å². The molecule has 1 fully saturated rings. The molecule has 1 saturated heterocycles. The highest BCUT2D eigenvalue weighted by atomic mass is 16.5. The quantitative estimate of drug-likeness (QED) is 0.446. The van der Waals surface area contributed by atoms with Gasteiger partial charge in [-0.1, -0.05) is 72.8 Å². The van der Waals surface area contributed by atoms with Crippen LogP contribution in [0.3, 0.4) is 0 Å². The van der Waals surface area contributed by atoms with Gasteiger partial charge >= 0.3 is 0 Å². The van der Waals surface area contributed by atoms with Crippen LogP contribution >= 0.6 is 0 Å². The van der Waals surface area contributed by atoms with Crippen LogP contribution in [0.25, 0.3) is 0 Å². The maximum absolute atomic E-state index is 5.83. The zero-order valence-electron chi connectivity index (χ0n) is 17.2. The number of hydrogen-bond donors (Lipinski definition) is 0. The first kappa shape index (κ1) is 19.7. The van der Waals surface area contributed by atoms with E-state index in [0.717, 1.165) is 31.7 Å². The van der Waals surface area contributed by atoms with Crippen molar-refractivity contribution in [3.8, 4) is 5.75 Å². The minimum absolute atomic E-state index is 0.687. The molecule has 0 amide bonds. The molecule has 2 heteroatoms. The smallest absolute Gasteiger partial charge is 0.119 e. The van der Waals surface area contributed by atoms with Crippen molar-refractivity contribution in [1.82, 2.24) is 4.90 Å². The molecule has 0 saturated carbocycles. The third-order valence-electron chi connectivity index (χ3n) is 5.95. The van der Waals surface area contributed by atoms with Gasteiger partial charge < -0.3 is 9.64 Å². The summed E-state index contributed by atoms with van der Waals surface area (Å²) < 4.78 is 5.83. The summed E-state index contributed by atoms with van der Waals surface area (Å²) in [4.78, 5) is 2.60. The van der Waals surface area contributed by atoms with Gasteiger partial charge in [0.2, 0.25) is 0 Å². The molecule has 0 N–H and O–H groups in total. The van der Waals surface area contributed by atoms with Gasteiger partial charge in [-0.05, 0) is 73.5 Å². The average molecular weight is 386 g/mol. The van der Waals surface area contributed by atoms with Crippen molar-refractivity contribution in [2.75, 3.05) is 26.2 Å². The average Bonchev–Trinajstić information content (AvgIpc) is 2.79. The summed E-state index contributed by atoms with van der Waals surface area (Å²) in [5.41, 5.74) is 4.45. The van der Waals surface area contributed by atoms with Crippen LogP contribution in [-0.4, -0.2) is 31.1 Å². The molecule has 1 aliphatic heterocycles. The molecule has 0 radical (unpaired) electrons. The van der Waals surface area contributed by atoms with Gasteiger partial charge in [-0.25, -0.2) is 0 Å². The second-order valence-electron chi connectivity index (χ2n) is 7.99. The fourth-order valence-corrected chi connectivity index (χ4v) is 4.37. The second-order valence-corrected chi connectivity index (χ2v) is 7.99. The van der Waals surface area contributed by atoms with Gasteiger partial charge in [-0.2, -0.15) is 0 Å². The van der Waals surface area contributed by atoms with Gasteiger partial charge in [0.25, 0.3) is 0 Å². The number of piperidine rings is 1. The van der Waals surface area contributed by atoms with Crippen molar-refractivity contribution < 1.29 is 4.74 Å². The Morgan fingerprint density at radius 2 is 1.41 bits per heavy atom. The van der Waals surface area contributed by atoms with Crippen LogP contribution in [0.15, 0.2) is 84.9 Å². The molecule has 0 bridgehead atoms. The molecule has 0 aromatic heterocycles. The van der Waals surface area contributed by atoms with Crippen molar-refractivity contribution in [3.05, 3.63) is 102 Å². The summed E-state index contributed by atoms with van der Waals surface area (Å²) in [5.74, 6) is 1.66. The lowest BCUT2D eigenvalue weighted by molar-refractivity contribution is 0.192. The monoisotopic (exact) mass is 385 g/mol. The fraction of sp³-hybridized carbons (Fsp3) is 0.333. The van der Waals surface area contributed by atoms with Crippen LogP contribution in [0.4, 0.5) is 0 Å². The van der Waals surface area contributed by atoms with E-state index in [1.807, 2.05) is 30.3 Å². The second kappa shape index (κ2) is 10.3. The van der Waals surface area contributed by atoms with E-state index in [2.05, 4.69) is 59.5 Å². The van der Waals surface area contributed by atoms with E-state index in [1.165, 1.54) is 37.1 Å². The summed E-state index contributed by atoms with van der Waals surface area (Å²) >= 11 is 0. The molecule has 0 aliphatic carbocycles. The van der Waals surface area contributed by atoms with Gasteiger partial charge in [-0.15, -0.1) is 0 Å². The van der Waals surface area contributed by atoms with Crippen LogP contribution in [0.2, 0.25) is 0 Å². The highest BCUT2D eigenvalue weighted by Crippen LogP contribution is 2.31. The maximum atomic E-state index is 5.83. The van der Waals surface area contributed by atoms with Crippen LogP contribution in [0.1, 0.15) is 41.9 Å². The summed E-state index contributed by atoms with van der Waals surface area (Å²) in [6, 6.07) is 30.0. The first-order valence-electron chi connectivity index (χ1n) is 10.9. The molecule has 0 spiro atoms. The topological polar surface area (TPSA) is 12.5 Å². The third kappa shape index (κ3) is 5.71. The van der Waals surface area contributed by atoms with Crippen LogP contribution in [0.5, 0.6) is 5.75 Å². The van der Waals surface area contributed by atoms with Crippen molar-refractivity contribution in [1.29, 1.82) is 0 Å². The van der Waals surface area contributed by atoms with E-state index in [1.54, 1.807) is 5.56 Å². The summed E-state index contributed by atoms with van der Waals surface area (Å²) in [7, 11) is 0. The molecular formula is C27H31NO. The predicted octanol–water partition coefficient (Wildman–Crippen LogP) is 5.93. The molecule has 1 aliphatic rings. The molecule has 3 aromatic carbocycles. The number of nitrogens with zero attached hydrogens (tertiary/aromatic N) is 1. The van der Waals surface area contributed by atoms with Gasteiger partial charge in [0.05, 0.1) is 6.61 Å². The van der Waals surface area contributed by atoms with Crippen molar-refractivity contribution in [3.63, 3.8) is 0 Å². The lowest BCUT2D eigenvalue weighted by Gasteiger charge is -2.33. The number of rotatable bonds is 8. The minimum atomic E-state index is 0.687. The Hall–Kier alpha value is -2.58. The number of ether oxygens (including phenoxy) is 1. The van der Waals surface area contributed by atoms with Gasteiger partial charge in [-0.3, -0.25) is 0 Å². The predicted molar refractivity (Wildman–Crippen MR) is 121 cm³/mol. The van der Waals surface area contributed by atoms with E-state index in [0.29, 0.717) is 5.92 Å². The molecule has 2 nitrogen and oxygen atoms in total. The summed E-state index contributed by atoms with van der Waals surface area (Å²) in [6.45, 7) is 4.31. The van der Waals surface area contributed by atoms with Gasteiger partial charge in [0.1, 0.15) is 5.75 Å². The van der Waals surface area contributed by atoms with E-state index in [4.69, 9.17) is 4.74 Å². The fourth-order valence-electron chi connectivity index (χ4n) is 4.37. The summed E-state index contributed by atoms with van der Waals surface area (Å²) in [6.07, 6.45) is 4.63. The maximum Gasteiger partial charge on any atom is 0.119 e. The zero-order chi connectivity index (χ0) is 19.7. The number of benzene rings is 3. The van der Waals surface area contributed by atoms with Crippen LogP contribution in [0, 0.1) is 0 Å². The first-order valence-corrected chi connectivity index (χ1v) is 10.9. The van der Waals surface area contributed by atoms with E-state index >= 15 is 0 Å². The highest BCUT2D eigenvalue weighted by Gasteiger charge is 2.22. The lowest BCUT2D eigenvalue weighted by Crippen LogP contribution is -2.34. The normalized spacial score (nSPS) is 15.3. The Morgan fingerprint density at radius 3 is 2.17 bits per heavy atom. The standard InChI is InChI=1S/C27H31NO/c1-3-10-23(11-4-1)22-25-12-7-8-15-27(25)24-16-19-28(20-17-24)18-9-21-29-26-13-5-2-6-14-26/h1-8,10-15,24H,9,16-22H2. The van der Waals surface area contributed by atoms with Gasteiger partial charge in [0, 0.05) is 6.54 Å². The van der Waals surface area contributed by atoms with Crippen molar-refractivity contribution in [2.45, 2.75) is 31.6 Å². The number of hydrogen-bond acceptors (Lipinski definition) is 2. The molecule has 3 aromatic rings. The number of para-hydroxylation sites is 1. The van der Waals surface area contributed by atoms with E-state index < -0.39 is 0 Å². The Bertz CT molecular complexity index is 854. The Kier molecular flexibility index (Phi) is 6.98. The molecule has 1 heterocycles. The molecule has 4 rings (SSSR count). The zero-order valence-corrected chi connectivity index (χ0v) is 17.2. The van der Waals surface area contributed by atoms with Gasteiger partial charge in [0.15, 0.2) is 0 Å². The van der Waals surface area contributed by atoms with Crippen LogP contribution < -0.4 is 4.74 Å². The SMILES string of the molecule is c1ccc(Cc2ccccc2C2CCN(CCCOc3ccccc3)CC2)cc1. The Morgan fingerprint density at radius 1 is 0.759 bits per heavy atom. The molecular weight excluding hydrogens is 354 g/mol. The third-order valence-corrected chi connectivity index (χ3v) is 5.95. The number of likely N-dealkylation sites (tertiary alicyclic amines) is 1. The molecule has 0 atom stereocenters. The lowest BCUT2D eigenvalue weighted by atomic mass is 9.85. The molecule has 150 valence electrons. The first-order chi connectivity index (χ1) is 14.4.